The highest BCUT2D eigenvalue weighted by atomic mass is 16.4. The van der Waals surface area contributed by atoms with E-state index in [1.807, 2.05) is 0 Å². The summed E-state index contributed by atoms with van der Waals surface area (Å²) in [6.07, 6.45) is 7.82. The Hall–Kier alpha value is -0.940. The Balaban J connectivity index is 1.63. The molecule has 4 fully saturated rings. The maximum atomic E-state index is 13.5. The number of rotatable bonds is 4. The van der Waals surface area contributed by atoms with Gasteiger partial charge in [-0.15, -0.1) is 0 Å². The molecule has 29 heavy (non-hydrogen) atoms. The van der Waals surface area contributed by atoms with E-state index < -0.39 is 11.5 Å². The Labute approximate surface area is 174 Å². The van der Waals surface area contributed by atoms with Gasteiger partial charge in [-0.3, -0.25) is 9.59 Å². The van der Waals surface area contributed by atoms with Crippen LogP contribution in [0.15, 0.2) is 0 Å². The summed E-state index contributed by atoms with van der Waals surface area (Å²) in [4.78, 5) is 24.6. The quantitative estimate of drug-likeness (QED) is 0.661. The van der Waals surface area contributed by atoms with Crippen LogP contribution < -0.4 is 5.73 Å². The first-order valence-corrected chi connectivity index (χ1v) is 11.8. The molecule has 0 saturated heterocycles. The van der Waals surface area contributed by atoms with Crippen molar-refractivity contribution in [2.75, 3.05) is 0 Å². The monoisotopic (exact) mass is 405 g/mol. The van der Waals surface area contributed by atoms with Crippen LogP contribution in [-0.4, -0.2) is 33.6 Å². The maximum Gasteiger partial charge on any atom is 0.303 e. The number of carbonyl (C=O) groups excluding carboxylic acids is 1. The molecule has 0 spiro atoms. The standard InChI is InChI=1S/C24H39NO4/c1-14(4-7-21(28)29)17-5-6-18-23(17,3)11-9-19-22(2)10-8-16(26)12-15(22)13-20(27)24(18,19)25/h14-19,26H,4-13,25H2,1-3H3,(H,28,29)/t14-,15?,16-,17-,18-,19-,22?,23-,24?/m1/s1. The summed E-state index contributed by atoms with van der Waals surface area (Å²) < 4.78 is 0. The second-order valence-electron chi connectivity index (χ2n) is 11.4. The molecular formula is C24H39NO4. The number of Topliss-reactive ketones (excluding diaryl/α,β-unsaturated/α-hetero) is 1. The number of aliphatic carboxylic acids is 1. The number of carboxylic acid groups (broad SMARTS) is 1. The summed E-state index contributed by atoms with van der Waals surface area (Å²) in [7, 11) is 0. The first-order chi connectivity index (χ1) is 13.5. The van der Waals surface area contributed by atoms with Gasteiger partial charge >= 0.3 is 5.97 Å². The Morgan fingerprint density at radius 1 is 1.14 bits per heavy atom. The lowest BCUT2D eigenvalue weighted by molar-refractivity contribution is -0.167. The number of nitrogens with two attached hydrogens (primary N) is 1. The highest BCUT2D eigenvalue weighted by Crippen LogP contribution is 2.68. The molecule has 0 aliphatic heterocycles. The maximum absolute atomic E-state index is 13.5. The molecule has 164 valence electrons. The molecule has 0 aromatic carbocycles. The van der Waals surface area contributed by atoms with Gasteiger partial charge < -0.3 is 15.9 Å². The SMILES string of the molecule is C[C@H](CCC(=O)O)[C@H]1CC[C@H]2C3(N)C(=O)CC4C[C@H](O)CCC4(C)[C@H]3CC[C@]12C. The lowest BCUT2D eigenvalue weighted by Gasteiger charge is -2.64. The second-order valence-corrected chi connectivity index (χ2v) is 11.4. The molecule has 0 radical (unpaired) electrons. The summed E-state index contributed by atoms with van der Waals surface area (Å²) >= 11 is 0. The molecule has 4 saturated carbocycles. The van der Waals surface area contributed by atoms with Gasteiger partial charge in [0.1, 0.15) is 0 Å². The number of ketones is 1. The third kappa shape index (κ3) is 3.02. The number of carboxylic acids is 1. The number of hydrogen-bond acceptors (Lipinski definition) is 4. The molecule has 9 atom stereocenters. The number of fused-ring (bicyclic) bond motifs is 5. The number of aliphatic hydroxyl groups is 1. The minimum atomic E-state index is -0.748. The van der Waals surface area contributed by atoms with Gasteiger partial charge in [-0.05, 0) is 91.8 Å². The van der Waals surface area contributed by atoms with Crippen molar-refractivity contribution >= 4 is 11.8 Å². The first-order valence-electron chi connectivity index (χ1n) is 11.8. The van der Waals surface area contributed by atoms with E-state index in [2.05, 4.69) is 20.8 Å². The van der Waals surface area contributed by atoms with E-state index in [0.29, 0.717) is 24.7 Å². The van der Waals surface area contributed by atoms with Crippen LogP contribution in [0.1, 0.15) is 85.0 Å². The summed E-state index contributed by atoms with van der Waals surface area (Å²) in [5, 5.41) is 19.3. The average molecular weight is 406 g/mol. The molecule has 4 aliphatic rings. The zero-order valence-corrected chi connectivity index (χ0v) is 18.3. The Morgan fingerprint density at radius 2 is 1.79 bits per heavy atom. The van der Waals surface area contributed by atoms with Crippen molar-refractivity contribution in [3.8, 4) is 0 Å². The van der Waals surface area contributed by atoms with Crippen molar-refractivity contribution in [3.63, 3.8) is 0 Å². The van der Waals surface area contributed by atoms with Crippen LogP contribution in [-0.2, 0) is 9.59 Å². The minimum Gasteiger partial charge on any atom is -0.481 e. The molecular weight excluding hydrogens is 366 g/mol. The predicted octanol–water partition coefficient (Wildman–Crippen LogP) is 3.77. The van der Waals surface area contributed by atoms with Crippen molar-refractivity contribution in [1.82, 2.24) is 0 Å². The van der Waals surface area contributed by atoms with Crippen LogP contribution >= 0.6 is 0 Å². The van der Waals surface area contributed by atoms with Crippen LogP contribution in [0.4, 0.5) is 0 Å². The molecule has 0 amide bonds. The Bertz CT molecular complexity index is 694. The third-order valence-electron chi connectivity index (χ3n) is 10.3. The van der Waals surface area contributed by atoms with Crippen molar-refractivity contribution in [1.29, 1.82) is 0 Å². The topological polar surface area (TPSA) is 101 Å². The lowest BCUT2D eigenvalue weighted by Crippen LogP contribution is -2.72. The van der Waals surface area contributed by atoms with E-state index >= 15 is 0 Å². The largest absolute Gasteiger partial charge is 0.481 e. The Kier molecular flexibility index (Phi) is 5.18. The highest BCUT2D eigenvalue weighted by Gasteiger charge is 2.68. The third-order valence-corrected chi connectivity index (χ3v) is 10.3. The zero-order valence-electron chi connectivity index (χ0n) is 18.3. The molecule has 0 aromatic rings. The van der Waals surface area contributed by atoms with Gasteiger partial charge in [0.15, 0.2) is 5.78 Å². The summed E-state index contributed by atoms with van der Waals surface area (Å²) in [6, 6.07) is 0. The van der Waals surface area contributed by atoms with E-state index in [1.165, 1.54) is 0 Å². The van der Waals surface area contributed by atoms with Gasteiger partial charge in [0, 0.05) is 12.8 Å². The van der Waals surface area contributed by atoms with E-state index in [0.717, 1.165) is 44.9 Å². The fraction of sp³-hybridized carbons (Fsp3) is 0.917. The van der Waals surface area contributed by atoms with E-state index in [-0.39, 0.29) is 46.9 Å². The van der Waals surface area contributed by atoms with Crippen LogP contribution in [0, 0.1) is 40.4 Å². The van der Waals surface area contributed by atoms with Crippen molar-refractivity contribution < 1.29 is 19.8 Å². The molecule has 4 rings (SSSR count). The van der Waals surface area contributed by atoms with Gasteiger partial charge in [0.05, 0.1) is 11.6 Å². The summed E-state index contributed by atoms with van der Waals surface area (Å²) in [6.45, 7) is 6.87. The smallest absolute Gasteiger partial charge is 0.303 e. The number of carbonyl (C=O) groups is 2. The fourth-order valence-corrected chi connectivity index (χ4v) is 8.67. The summed E-state index contributed by atoms with van der Waals surface area (Å²) in [5.41, 5.74) is 6.51. The van der Waals surface area contributed by atoms with Crippen LogP contribution in [0.25, 0.3) is 0 Å². The van der Waals surface area contributed by atoms with Gasteiger partial charge in [0.25, 0.3) is 0 Å². The van der Waals surface area contributed by atoms with Crippen LogP contribution in [0.3, 0.4) is 0 Å². The molecule has 4 N–H and O–H groups in total. The van der Waals surface area contributed by atoms with Crippen LogP contribution in [0.5, 0.6) is 0 Å². The lowest BCUT2D eigenvalue weighted by atomic mass is 9.41. The predicted molar refractivity (Wildman–Crippen MR) is 111 cm³/mol. The molecule has 0 bridgehead atoms. The molecule has 3 unspecified atom stereocenters. The molecule has 5 heteroatoms. The number of aliphatic hydroxyl groups excluding tert-OH is 1. The molecule has 0 aromatic heterocycles. The molecule has 0 heterocycles. The van der Waals surface area contributed by atoms with E-state index in [1.54, 1.807) is 0 Å². The highest BCUT2D eigenvalue weighted by molar-refractivity contribution is 5.91. The summed E-state index contributed by atoms with van der Waals surface area (Å²) in [5.74, 6) is 0.956. The van der Waals surface area contributed by atoms with Gasteiger partial charge in [-0.25, -0.2) is 0 Å². The van der Waals surface area contributed by atoms with Gasteiger partial charge in [-0.2, -0.15) is 0 Å². The average Bonchev–Trinajstić information content (AvgIpc) is 3.00. The van der Waals surface area contributed by atoms with Crippen molar-refractivity contribution in [3.05, 3.63) is 0 Å². The second kappa shape index (κ2) is 7.05. The molecule has 5 nitrogen and oxygen atoms in total. The number of hydrogen-bond donors (Lipinski definition) is 3. The van der Waals surface area contributed by atoms with Gasteiger partial charge in [0.2, 0.25) is 0 Å². The van der Waals surface area contributed by atoms with Gasteiger partial charge in [-0.1, -0.05) is 20.8 Å². The zero-order chi connectivity index (χ0) is 21.2. The van der Waals surface area contributed by atoms with E-state index in [9.17, 15) is 14.7 Å². The van der Waals surface area contributed by atoms with Crippen molar-refractivity contribution in [2.24, 2.45) is 46.2 Å². The van der Waals surface area contributed by atoms with Crippen molar-refractivity contribution in [2.45, 2.75) is 96.6 Å². The van der Waals surface area contributed by atoms with E-state index in [4.69, 9.17) is 10.8 Å². The Morgan fingerprint density at radius 3 is 2.48 bits per heavy atom. The fourth-order valence-electron chi connectivity index (χ4n) is 8.67. The van der Waals surface area contributed by atoms with Crippen LogP contribution in [0.2, 0.25) is 0 Å². The first kappa shape index (κ1) is 21.3. The minimum absolute atomic E-state index is 0.0240. The normalized spacial score (nSPS) is 50.4. The molecule has 4 aliphatic carbocycles.